The van der Waals surface area contributed by atoms with Gasteiger partial charge in [0.2, 0.25) is 5.95 Å². The van der Waals surface area contributed by atoms with Crippen molar-refractivity contribution >= 4 is 23.4 Å². The Labute approximate surface area is 141 Å². The van der Waals surface area contributed by atoms with E-state index in [1.165, 1.54) is 0 Å². The van der Waals surface area contributed by atoms with Crippen LogP contribution in [0.4, 0.5) is 17.5 Å². The van der Waals surface area contributed by atoms with Gasteiger partial charge in [0.1, 0.15) is 5.82 Å². The van der Waals surface area contributed by atoms with E-state index in [9.17, 15) is 4.79 Å². The van der Waals surface area contributed by atoms with Gasteiger partial charge in [-0.15, -0.1) is 0 Å². The van der Waals surface area contributed by atoms with Crippen molar-refractivity contribution < 1.29 is 4.79 Å². The Morgan fingerprint density at radius 3 is 2.62 bits per heavy atom. The minimum absolute atomic E-state index is 0.204. The molecule has 24 heavy (non-hydrogen) atoms. The predicted molar refractivity (Wildman–Crippen MR) is 96.2 cm³/mol. The molecule has 1 saturated carbocycles. The molecule has 0 spiro atoms. The van der Waals surface area contributed by atoms with Gasteiger partial charge in [0.15, 0.2) is 0 Å². The standard InChI is InChI=1S/C18H23N5O/c1-3-11(2)20-18-21-15(12-4-5-12)10-16(23-18)22-17(24)13-6-8-14(19)9-7-13/h6-12H,3-5,19H2,1-2H3,(H2,20,21,22,23,24)/t11-/m1/s1. The summed E-state index contributed by atoms with van der Waals surface area (Å²) in [6.45, 7) is 4.19. The van der Waals surface area contributed by atoms with E-state index in [1.54, 1.807) is 24.3 Å². The van der Waals surface area contributed by atoms with E-state index >= 15 is 0 Å². The van der Waals surface area contributed by atoms with Gasteiger partial charge in [-0.2, -0.15) is 4.98 Å². The van der Waals surface area contributed by atoms with E-state index in [4.69, 9.17) is 5.73 Å². The molecule has 0 unspecified atom stereocenters. The second-order valence-electron chi connectivity index (χ2n) is 6.31. The molecule has 6 nitrogen and oxygen atoms in total. The summed E-state index contributed by atoms with van der Waals surface area (Å²) in [5, 5.41) is 6.15. The van der Waals surface area contributed by atoms with Crippen LogP contribution in [0.3, 0.4) is 0 Å². The number of nitrogens with zero attached hydrogens (tertiary/aromatic N) is 2. The van der Waals surface area contributed by atoms with Crippen molar-refractivity contribution in [3.8, 4) is 0 Å². The fraction of sp³-hybridized carbons (Fsp3) is 0.389. The average Bonchev–Trinajstić information content (AvgIpc) is 3.40. The summed E-state index contributed by atoms with van der Waals surface area (Å²) in [5.41, 5.74) is 7.83. The fourth-order valence-corrected chi connectivity index (χ4v) is 2.33. The average molecular weight is 325 g/mol. The van der Waals surface area contributed by atoms with E-state index in [0.29, 0.717) is 28.9 Å². The third kappa shape index (κ3) is 4.01. The van der Waals surface area contributed by atoms with Gasteiger partial charge >= 0.3 is 0 Å². The van der Waals surface area contributed by atoms with Crippen LogP contribution < -0.4 is 16.4 Å². The van der Waals surface area contributed by atoms with Crippen LogP contribution in [0.25, 0.3) is 0 Å². The van der Waals surface area contributed by atoms with Crippen molar-refractivity contribution in [2.24, 2.45) is 0 Å². The molecule has 1 aromatic carbocycles. The Hall–Kier alpha value is -2.63. The highest BCUT2D eigenvalue weighted by molar-refractivity contribution is 6.04. The molecular weight excluding hydrogens is 302 g/mol. The summed E-state index contributed by atoms with van der Waals surface area (Å²) >= 11 is 0. The molecule has 3 rings (SSSR count). The highest BCUT2D eigenvalue weighted by Crippen LogP contribution is 2.39. The quantitative estimate of drug-likeness (QED) is 0.708. The zero-order chi connectivity index (χ0) is 17.1. The maximum atomic E-state index is 12.4. The number of hydrogen-bond donors (Lipinski definition) is 3. The minimum Gasteiger partial charge on any atom is -0.399 e. The van der Waals surface area contributed by atoms with Crippen molar-refractivity contribution in [2.75, 3.05) is 16.4 Å². The molecule has 1 fully saturated rings. The number of rotatable bonds is 6. The summed E-state index contributed by atoms with van der Waals surface area (Å²) in [4.78, 5) is 21.4. The molecule has 1 atom stereocenters. The highest BCUT2D eigenvalue weighted by atomic mass is 16.1. The van der Waals surface area contributed by atoms with Gasteiger partial charge in [-0.05, 0) is 50.5 Å². The number of benzene rings is 1. The Morgan fingerprint density at radius 1 is 1.29 bits per heavy atom. The molecule has 4 N–H and O–H groups in total. The number of nitrogens with two attached hydrogens (primary N) is 1. The van der Waals surface area contributed by atoms with Gasteiger partial charge < -0.3 is 16.4 Å². The van der Waals surface area contributed by atoms with Gasteiger partial charge in [-0.25, -0.2) is 4.98 Å². The van der Waals surface area contributed by atoms with Crippen LogP contribution in [-0.2, 0) is 0 Å². The Kier molecular flexibility index (Phi) is 4.64. The Balaban J connectivity index is 1.80. The van der Waals surface area contributed by atoms with Gasteiger partial charge in [-0.1, -0.05) is 6.92 Å². The normalized spacial score (nSPS) is 14.9. The number of carbonyl (C=O) groups excluding carboxylic acids is 1. The first-order chi connectivity index (χ1) is 11.5. The zero-order valence-electron chi connectivity index (χ0n) is 14.0. The van der Waals surface area contributed by atoms with E-state index in [-0.39, 0.29) is 11.9 Å². The molecule has 126 valence electrons. The van der Waals surface area contributed by atoms with Crippen molar-refractivity contribution in [3.63, 3.8) is 0 Å². The minimum atomic E-state index is -0.204. The van der Waals surface area contributed by atoms with Crippen molar-refractivity contribution in [3.05, 3.63) is 41.6 Å². The first-order valence-electron chi connectivity index (χ1n) is 8.37. The summed E-state index contributed by atoms with van der Waals surface area (Å²) in [5.74, 6) is 1.38. The number of nitrogens with one attached hydrogen (secondary N) is 2. The number of nitrogen functional groups attached to an aromatic ring is 1. The molecule has 0 aliphatic heterocycles. The molecule has 6 heteroatoms. The van der Waals surface area contributed by atoms with Crippen LogP contribution in [0, 0.1) is 0 Å². The maximum absolute atomic E-state index is 12.4. The first-order valence-corrected chi connectivity index (χ1v) is 8.37. The van der Waals surface area contributed by atoms with Crippen LogP contribution in [0.5, 0.6) is 0 Å². The van der Waals surface area contributed by atoms with Crippen molar-refractivity contribution in [1.82, 2.24) is 9.97 Å². The Morgan fingerprint density at radius 2 is 2.00 bits per heavy atom. The lowest BCUT2D eigenvalue weighted by molar-refractivity contribution is 0.102. The molecule has 1 amide bonds. The first kappa shape index (κ1) is 16.2. The molecular formula is C18H23N5O. The lowest BCUT2D eigenvalue weighted by Crippen LogP contribution is -2.18. The molecule has 0 saturated heterocycles. The van der Waals surface area contributed by atoms with Gasteiger partial charge in [0, 0.05) is 29.3 Å². The monoisotopic (exact) mass is 325 g/mol. The second-order valence-corrected chi connectivity index (χ2v) is 6.31. The third-order valence-corrected chi connectivity index (χ3v) is 4.14. The largest absolute Gasteiger partial charge is 0.399 e. The zero-order valence-corrected chi connectivity index (χ0v) is 14.0. The fourth-order valence-electron chi connectivity index (χ4n) is 2.33. The Bertz CT molecular complexity index is 725. The molecule has 2 aromatic rings. The smallest absolute Gasteiger partial charge is 0.256 e. The molecule has 1 heterocycles. The molecule has 0 bridgehead atoms. The summed E-state index contributed by atoms with van der Waals surface area (Å²) in [7, 11) is 0. The number of anilines is 3. The maximum Gasteiger partial charge on any atom is 0.256 e. The highest BCUT2D eigenvalue weighted by Gasteiger charge is 2.26. The molecule has 0 radical (unpaired) electrons. The van der Waals surface area contributed by atoms with Gasteiger partial charge in [0.25, 0.3) is 5.91 Å². The molecule has 1 aromatic heterocycles. The molecule has 1 aliphatic carbocycles. The number of carbonyl (C=O) groups is 1. The van der Waals surface area contributed by atoms with Gasteiger partial charge in [-0.3, -0.25) is 4.79 Å². The van der Waals surface area contributed by atoms with Crippen molar-refractivity contribution in [2.45, 2.75) is 45.1 Å². The number of amides is 1. The lowest BCUT2D eigenvalue weighted by Gasteiger charge is -2.14. The van der Waals surface area contributed by atoms with E-state index < -0.39 is 0 Å². The second kappa shape index (κ2) is 6.86. The van der Waals surface area contributed by atoms with Gasteiger partial charge in [0.05, 0.1) is 5.69 Å². The van der Waals surface area contributed by atoms with Crippen LogP contribution in [0.15, 0.2) is 30.3 Å². The lowest BCUT2D eigenvalue weighted by atomic mass is 10.2. The number of aromatic nitrogens is 2. The SMILES string of the molecule is CC[C@@H](C)Nc1nc(NC(=O)c2ccc(N)cc2)cc(C2CC2)n1. The summed E-state index contributed by atoms with van der Waals surface area (Å²) in [6.07, 6.45) is 3.26. The predicted octanol–water partition coefficient (Wildman–Crippen LogP) is 3.40. The summed E-state index contributed by atoms with van der Waals surface area (Å²) in [6, 6.07) is 8.97. The molecule has 1 aliphatic rings. The number of hydrogen-bond acceptors (Lipinski definition) is 5. The third-order valence-electron chi connectivity index (χ3n) is 4.14. The summed E-state index contributed by atoms with van der Waals surface area (Å²) < 4.78 is 0. The van der Waals surface area contributed by atoms with Crippen LogP contribution >= 0.6 is 0 Å². The van der Waals surface area contributed by atoms with Crippen LogP contribution in [0.2, 0.25) is 0 Å². The van der Waals surface area contributed by atoms with Crippen molar-refractivity contribution in [1.29, 1.82) is 0 Å². The van der Waals surface area contributed by atoms with Crippen LogP contribution in [0.1, 0.15) is 55.1 Å². The van der Waals surface area contributed by atoms with E-state index in [0.717, 1.165) is 25.0 Å². The topological polar surface area (TPSA) is 92.9 Å². The van der Waals surface area contributed by atoms with E-state index in [2.05, 4.69) is 34.4 Å². The van der Waals surface area contributed by atoms with E-state index in [1.807, 2.05) is 6.07 Å². The van der Waals surface area contributed by atoms with Crippen LogP contribution in [-0.4, -0.2) is 21.9 Å².